The molecule has 0 saturated heterocycles. The number of benzene rings is 4. The Bertz CT molecular complexity index is 1350. The summed E-state index contributed by atoms with van der Waals surface area (Å²) >= 11 is 0. The van der Waals surface area contributed by atoms with Crippen LogP contribution in [0.15, 0.2) is 86.0 Å². The number of anilines is 2. The molecule has 0 unspecified atom stereocenters. The number of aliphatic hydroxyl groups excluding tert-OH is 1. The third-order valence-electron chi connectivity index (χ3n) is 6.41. The Balaban J connectivity index is 1.92. The topological polar surface area (TPSA) is 89.3 Å². The lowest BCUT2D eigenvalue weighted by atomic mass is 9.90. The van der Waals surface area contributed by atoms with Crippen LogP contribution in [0.1, 0.15) is 40.9 Å². The van der Waals surface area contributed by atoms with E-state index in [0.717, 1.165) is 50.1 Å². The SMILES string of the molecule is C=C(O)c1ccc(-c2cc(-c3ccc(C(=C)C)c(N)c3)cc(-c3ccc(C(C)=O)c(N)c3)c2)cc1C. The molecule has 180 valence electrons. The molecule has 0 saturated carbocycles. The minimum Gasteiger partial charge on any atom is -0.508 e. The first-order valence-corrected chi connectivity index (χ1v) is 11.7. The average molecular weight is 475 g/mol. The first-order chi connectivity index (χ1) is 17.0. The summed E-state index contributed by atoms with van der Waals surface area (Å²) in [4.78, 5) is 11.9. The van der Waals surface area contributed by atoms with E-state index in [1.165, 1.54) is 6.92 Å². The van der Waals surface area contributed by atoms with Gasteiger partial charge in [0.2, 0.25) is 0 Å². The number of nitrogens with two attached hydrogens (primary N) is 2. The van der Waals surface area contributed by atoms with Gasteiger partial charge in [-0.15, -0.1) is 0 Å². The minimum absolute atomic E-state index is 0.0441. The summed E-state index contributed by atoms with van der Waals surface area (Å²) in [5.41, 5.74) is 23.5. The van der Waals surface area contributed by atoms with Crippen molar-refractivity contribution < 1.29 is 9.90 Å². The van der Waals surface area contributed by atoms with Gasteiger partial charge < -0.3 is 16.6 Å². The Kier molecular flexibility index (Phi) is 6.54. The van der Waals surface area contributed by atoms with Gasteiger partial charge in [-0.05, 0) is 107 Å². The molecule has 4 nitrogen and oxygen atoms in total. The summed E-state index contributed by atoms with van der Waals surface area (Å²) in [6.07, 6.45) is 0. The van der Waals surface area contributed by atoms with Gasteiger partial charge >= 0.3 is 0 Å². The molecule has 0 heterocycles. The summed E-state index contributed by atoms with van der Waals surface area (Å²) in [6.45, 7) is 13.1. The predicted octanol–water partition coefficient (Wildman–Crippen LogP) is 7.92. The molecule has 4 aromatic rings. The van der Waals surface area contributed by atoms with Crippen LogP contribution >= 0.6 is 0 Å². The summed E-state index contributed by atoms with van der Waals surface area (Å²) in [6, 6.07) is 23.7. The van der Waals surface area contributed by atoms with Crippen LogP contribution in [0.25, 0.3) is 44.7 Å². The van der Waals surface area contributed by atoms with Crippen molar-refractivity contribution in [3.8, 4) is 33.4 Å². The molecule has 0 aliphatic carbocycles. The van der Waals surface area contributed by atoms with Gasteiger partial charge in [0.15, 0.2) is 5.78 Å². The molecule has 0 aliphatic rings. The van der Waals surface area contributed by atoms with Gasteiger partial charge in [0.05, 0.1) is 0 Å². The number of aliphatic hydroxyl groups is 1. The fourth-order valence-electron chi connectivity index (χ4n) is 4.49. The Morgan fingerprint density at radius 3 is 1.42 bits per heavy atom. The number of hydrogen-bond donors (Lipinski definition) is 3. The second kappa shape index (κ2) is 9.59. The number of aryl methyl sites for hydroxylation is 1. The Morgan fingerprint density at radius 1 is 0.639 bits per heavy atom. The zero-order valence-corrected chi connectivity index (χ0v) is 20.9. The first kappa shape index (κ1) is 24.6. The monoisotopic (exact) mass is 474 g/mol. The normalized spacial score (nSPS) is 10.8. The van der Waals surface area contributed by atoms with Crippen molar-refractivity contribution in [2.75, 3.05) is 11.5 Å². The van der Waals surface area contributed by atoms with Gasteiger partial charge in [-0.3, -0.25) is 4.79 Å². The van der Waals surface area contributed by atoms with Gasteiger partial charge in [-0.2, -0.15) is 0 Å². The van der Waals surface area contributed by atoms with Crippen LogP contribution in [0.2, 0.25) is 0 Å². The van der Waals surface area contributed by atoms with Crippen LogP contribution in [0.5, 0.6) is 0 Å². The quantitative estimate of drug-likeness (QED) is 0.150. The highest BCUT2D eigenvalue weighted by atomic mass is 16.3. The van der Waals surface area contributed by atoms with E-state index in [1.807, 2.05) is 62.4 Å². The van der Waals surface area contributed by atoms with Gasteiger partial charge in [0.1, 0.15) is 5.76 Å². The standard InChI is InChI=1S/C32H30N2O2/c1-18(2)28-9-6-23(16-31(28)33)26-13-25(22-7-10-29(20(4)35)19(3)12-22)14-27(15-26)24-8-11-30(21(5)36)32(34)17-24/h6-17,35H,1,4,33-34H2,2-3,5H3. The smallest absolute Gasteiger partial charge is 0.161 e. The molecule has 0 bridgehead atoms. The first-order valence-electron chi connectivity index (χ1n) is 11.7. The van der Waals surface area contributed by atoms with E-state index in [2.05, 4.69) is 31.4 Å². The molecule has 0 radical (unpaired) electrons. The lowest BCUT2D eigenvalue weighted by Crippen LogP contribution is -1.99. The maximum absolute atomic E-state index is 11.9. The molecule has 0 spiro atoms. The molecule has 0 aromatic heterocycles. The largest absolute Gasteiger partial charge is 0.508 e. The van der Waals surface area contributed by atoms with Crippen molar-refractivity contribution in [2.24, 2.45) is 0 Å². The minimum atomic E-state index is -0.0670. The van der Waals surface area contributed by atoms with E-state index >= 15 is 0 Å². The van der Waals surface area contributed by atoms with Crippen LogP contribution in [0, 0.1) is 6.92 Å². The lowest BCUT2D eigenvalue weighted by molar-refractivity contribution is 0.101. The Labute approximate surface area is 212 Å². The molecular weight excluding hydrogens is 444 g/mol. The number of ketones is 1. The number of nitrogen functional groups attached to an aromatic ring is 2. The van der Waals surface area contributed by atoms with E-state index in [0.29, 0.717) is 22.5 Å². The summed E-state index contributed by atoms with van der Waals surface area (Å²) in [7, 11) is 0. The van der Waals surface area contributed by atoms with Crippen molar-refractivity contribution in [1.82, 2.24) is 0 Å². The van der Waals surface area contributed by atoms with Crippen molar-refractivity contribution in [1.29, 1.82) is 0 Å². The molecule has 0 fully saturated rings. The number of allylic oxidation sites excluding steroid dienone is 1. The third kappa shape index (κ3) is 4.80. The highest BCUT2D eigenvalue weighted by Gasteiger charge is 2.13. The van der Waals surface area contributed by atoms with Crippen molar-refractivity contribution in [3.63, 3.8) is 0 Å². The summed E-state index contributed by atoms with van der Waals surface area (Å²) < 4.78 is 0. The predicted molar refractivity (Wildman–Crippen MR) is 153 cm³/mol. The number of hydrogen-bond acceptors (Lipinski definition) is 4. The zero-order chi connectivity index (χ0) is 26.1. The third-order valence-corrected chi connectivity index (χ3v) is 6.41. The second-order valence-corrected chi connectivity index (χ2v) is 9.22. The average Bonchev–Trinajstić information content (AvgIpc) is 2.82. The number of Topliss-reactive ketones (excluding diaryl/α,β-unsaturated/α-hetero) is 1. The van der Waals surface area contributed by atoms with Crippen LogP contribution in [-0.4, -0.2) is 10.9 Å². The summed E-state index contributed by atoms with van der Waals surface area (Å²) in [5, 5.41) is 9.88. The van der Waals surface area contributed by atoms with Gasteiger partial charge in [-0.1, -0.05) is 49.6 Å². The molecule has 0 aliphatic heterocycles. The van der Waals surface area contributed by atoms with Crippen molar-refractivity contribution in [3.05, 3.63) is 108 Å². The van der Waals surface area contributed by atoms with E-state index in [-0.39, 0.29) is 11.5 Å². The number of carbonyl (C=O) groups is 1. The van der Waals surface area contributed by atoms with Crippen LogP contribution in [0.4, 0.5) is 11.4 Å². The maximum Gasteiger partial charge on any atom is 0.161 e. The second-order valence-electron chi connectivity index (χ2n) is 9.22. The zero-order valence-electron chi connectivity index (χ0n) is 20.9. The van der Waals surface area contributed by atoms with Crippen LogP contribution < -0.4 is 11.5 Å². The van der Waals surface area contributed by atoms with E-state index < -0.39 is 0 Å². The molecule has 4 aromatic carbocycles. The van der Waals surface area contributed by atoms with Gasteiger partial charge in [0, 0.05) is 22.5 Å². The molecule has 4 heteroatoms. The van der Waals surface area contributed by atoms with Gasteiger partial charge in [-0.25, -0.2) is 0 Å². The number of rotatable bonds is 6. The molecule has 0 amide bonds. The summed E-state index contributed by atoms with van der Waals surface area (Å²) in [5.74, 6) is -0.0230. The number of carbonyl (C=O) groups excluding carboxylic acids is 1. The van der Waals surface area contributed by atoms with Crippen molar-refractivity contribution >= 4 is 28.5 Å². The van der Waals surface area contributed by atoms with E-state index in [1.54, 1.807) is 6.07 Å². The van der Waals surface area contributed by atoms with Crippen molar-refractivity contribution in [2.45, 2.75) is 20.8 Å². The molecule has 36 heavy (non-hydrogen) atoms. The molecular formula is C32H30N2O2. The van der Waals surface area contributed by atoms with Gasteiger partial charge in [0.25, 0.3) is 0 Å². The Hall–Kier alpha value is -4.57. The van der Waals surface area contributed by atoms with E-state index in [9.17, 15) is 9.90 Å². The van der Waals surface area contributed by atoms with Crippen LogP contribution in [-0.2, 0) is 0 Å². The fraction of sp³-hybridized carbons (Fsp3) is 0.0938. The maximum atomic E-state index is 11.9. The van der Waals surface area contributed by atoms with E-state index in [4.69, 9.17) is 11.5 Å². The molecule has 5 N–H and O–H groups in total. The highest BCUT2D eigenvalue weighted by Crippen LogP contribution is 2.36. The molecule has 4 rings (SSSR count). The highest BCUT2D eigenvalue weighted by molar-refractivity contribution is 6.00. The molecule has 0 atom stereocenters. The van der Waals surface area contributed by atoms with Crippen LogP contribution in [0.3, 0.4) is 0 Å². The lowest BCUT2D eigenvalue weighted by Gasteiger charge is -2.15. The fourth-order valence-corrected chi connectivity index (χ4v) is 4.49. The Morgan fingerprint density at radius 2 is 1.06 bits per heavy atom.